The molecule has 0 radical (unpaired) electrons. The normalized spacial score (nSPS) is 10.6. The van der Waals surface area contributed by atoms with Crippen molar-refractivity contribution in [2.75, 3.05) is 0 Å². The Kier molecular flexibility index (Phi) is 4.85. The predicted octanol–water partition coefficient (Wildman–Crippen LogP) is 4.39. The minimum Gasteiger partial charge on any atom is -0.287 e. The first-order chi connectivity index (χ1) is 11.7. The van der Waals surface area contributed by atoms with Crippen molar-refractivity contribution >= 4 is 5.78 Å². The van der Waals surface area contributed by atoms with Crippen LogP contribution in [0.25, 0.3) is 11.1 Å². The quantitative estimate of drug-likeness (QED) is 0.505. The van der Waals surface area contributed by atoms with Gasteiger partial charge in [-0.15, -0.1) is 0 Å². The van der Waals surface area contributed by atoms with Gasteiger partial charge >= 0.3 is 0 Å². The third kappa shape index (κ3) is 3.60. The Morgan fingerprint density at radius 3 is 2.21 bits per heavy atom. The zero-order valence-electron chi connectivity index (χ0n) is 14.2. The molecule has 0 amide bonds. The van der Waals surface area contributed by atoms with Gasteiger partial charge in [-0.25, -0.2) is 0 Å². The summed E-state index contributed by atoms with van der Waals surface area (Å²) in [6, 6.07) is 22.3. The molecule has 0 bridgehead atoms. The fraction of sp³-hybridized carbons (Fsp3) is 0.182. The SMILES string of the molecule is CCc1ccc(C)[n+](CC(=O)c2ccc(-c3ccccc3)cc2)c1. The molecule has 2 heteroatoms. The largest absolute Gasteiger partial charge is 0.287 e. The van der Waals surface area contributed by atoms with Crippen molar-refractivity contribution in [3.05, 3.63) is 89.7 Å². The highest BCUT2D eigenvalue weighted by molar-refractivity contribution is 5.95. The van der Waals surface area contributed by atoms with E-state index in [1.54, 1.807) is 0 Å². The van der Waals surface area contributed by atoms with Crippen LogP contribution in [0.4, 0.5) is 0 Å². The topological polar surface area (TPSA) is 20.9 Å². The van der Waals surface area contributed by atoms with E-state index in [1.165, 1.54) is 5.56 Å². The van der Waals surface area contributed by atoms with Crippen molar-refractivity contribution in [2.45, 2.75) is 26.8 Å². The summed E-state index contributed by atoms with van der Waals surface area (Å²) in [6.45, 7) is 4.54. The van der Waals surface area contributed by atoms with Gasteiger partial charge in [-0.1, -0.05) is 61.5 Å². The Labute approximate surface area is 143 Å². The van der Waals surface area contributed by atoms with Crippen LogP contribution in [0.5, 0.6) is 0 Å². The first kappa shape index (κ1) is 16.1. The monoisotopic (exact) mass is 316 g/mol. The molecule has 120 valence electrons. The van der Waals surface area contributed by atoms with Gasteiger partial charge in [0.1, 0.15) is 0 Å². The molecule has 3 aromatic rings. The first-order valence-electron chi connectivity index (χ1n) is 8.35. The molecule has 0 saturated carbocycles. The summed E-state index contributed by atoms with van der Waals surface area (Å²) in [5.41, 5.74) is 5.39. The van der Waals surface area contributed by atoms with E-state index in [4.69, 9.17) is 0 Å². The summed E-state index contributed by atoms with van der Waals surface area (Å²) in [7, 11) is 0. The number of carbonyl (C=O) groups is 1. The average molecular weight is 316 g/mol. The molecule has 24 heavy (non-hydrogen) atoms. The second kappa shape index (κ2) is 7.22. The summed E-state index contributed by atoms with van der Waals surface area (Å²) in [5, 5.41) is 0. The lowest BCUT2D eigenvalue weighted by Gasteiger charge is -2.05. The highest BCUT2D eigenvalue weighted by Gasteiger charge is 2.15. The number of aromatic nitrogens is 1. The van der Waals surface area contributed by atoms with Gasteiger partial charge in [-0.3, -0.25) is 4.79 Å². The summed E-state index contributed by atoms with van der Waals surface area (Å²) in [4.78, 5) is 12.6. The maximum Gasteiger partial charge on any atom is 0.227 e. The number of rotatable bonds is 5. The minimum absolute atomic E-state index is 0.135. The fourth-order valence-corrected chi connectivity index (χ4v) is 2.77. The number of benzene rings is 2. The number of Topliss-reactive ketones (excluding diaryl/α,β-unsaturated/α-hetero) is 1. The van der Waals surface area contributed by atoms with Crippen molar-refractivity contribution in [1.29, 1.82) is 0 Å². The van der Waals surface area contributed by atoms with Crippen molar-refractivity contribution in [3.8, 4) is 11.1 Å². The van der Waals surface area contributed by atoms with E-state index in [0.717, 1.165) is 28.8 Å². The predicted molar refractivity (Wildman–Crippen MR) is 97.0 cm³/mol. The van der Waals surface area contributed by atoms with Gasteiger partial charge in [0, 0.05) is 24.1 Å². The van der Waals surface area contributed by atoms with Crippen LogP contribution in [-0.2, 0) is 13.0 Å². The van der Waals surface area contributed by atoms with Gasteiger partial charge in [0.25, 0.3) is 0 Å². The highest BCUT2D eigenvalue weighted by Crippen LogP contribution is 2.19. The lowest BCUT2D eigenvalue weighted by molar-refractivity contribution is -0.689. The molecular weight excluding hydrogens is 294 g/mol. The van der Waals surface area contributed by atoms with Crippen molar-refractivity contribution < 1.29 is 9.36 Å². The number of pyridine rings is 1. The Balaban J connectivity index is 1.78. The van der Waals surface area contributed by atoms with Crippen molar-refractivity contribution in [1.82, 2.24) is 0 Å². The second-order valence-corrected chi connectivity index (χ2v) is 6.03. The molecule has 0 saturated heterocycles. The molecule has 0 fully saturated rings. The molecule has 0 aliphatic rings. The summed E-state index contributed by atoms with van der Waals surface area (Å²) < 4.78 is 2.03. The number of ketones is 1. The van der Waals surface area contributed by atoms with Crippen LogP contribution in [0, 0.1) is 6.92 Å². The fourth-order valence-electron chi connectivity index (χ4n) is 2.77. The first-order valence-corrected chi connectivity index (χ1v) is 8.35. The van der Waals surface area contributed by atoms with Gasteiger partial charge in [-0.2, -0.15) is 4.57 Å². The van der Waals surface area contributed by atoms with Crippen LogP contribution in [0.3, 0.4) is 0 Å². The molecule has 1 heterocycles. The van der Waals surface area contributed by atoms with E-state index in [-0.39, 0.29) is 5.78 Å². The van der Waals surface area contributed by atoms with Gasteiger partial charge in [0.2, 0.25) is 12.3 Å². The molecular formula is C22H22NO+. The maximum atomic E-state index is 12.6. The Morgan fingerprint density at radius 2 is 1.54 bits per heavy atom. The van der Waals surface area contributed by atoms with Gasteiger partial charge in [0.05, 0.1) is 0 Å². The molecule has 0 N–H and O–H groups in total. The highest BCUT2D eigenvalue weighted by atomic mass is 16.1. The van der Waals surface area contributed by atoms with Crippen molar-refractivity contribution in [2.24, 2.45) is 0 Å². The molecule has 0 spiro atoms. The van der Waals surface area contributed by atoms with E-state index >= 15 is 0 Å². The van der Waals surface area contributed by atoms with Crippen LogP contribution in [0.2, 0.25) is 0 Å². The van der Waals surface area contributed by atoms with Crippen LogP contribution in [0.15, 0.2) is 72.9 Å². The van der Waals surface area contributed by atoms with Gasteiger partial charge in [0.15, 0.2) is 11.9 Å². The average Bonchev–Trinajstić information content (AvgIpc) is 2.64. The van der Waals surface area contributed by atoms with E-state index in [9.17, 15) is 4.79 Å². The molecule has 0 aliphatic carbocycles. The van der Waals surface area contributed by atoms with Crippen LogP contribution >= 0.6 is 0 Å². The lowest BCUT2D eigenvalue weighted by atomic mass is 10.0. The molecule has 1 aromatic heterocycles. The van der Waals surface area contributed by atoms with E-state index in [2.05, 4.69) is 37.4 Å². The number of hydrogen-bond acceptors (Lipinski definition) is 1. The summed E-state index contributed by atoms with van der Waals surface area (Å²) in [5.74, 6) is 0.135. The van der Waals surface area contributed by atoms with Crippen LogP contribution in [-0.4, -0.2) is 5.78 Å². The Bertz CT molecular complexity index is 836. The second-order valence-electron chi connectivity index (χ2n) is 6.03. The molecule has 2 nitrogen and oxygen atoms in total. The Morgan fingerprint density at radius 1 is 0.875 bits per heavy atom. The van der Waals surface area contributed by atoms with E-state index < -0.39 is 0 Å². The zero-order chi connectivity index (χ0) is 16.9. The smallest absolute Gasteiger partial charge is 0.227 e. The summed E-state index contributed by atoms with van der Waals surface area (Å²) >= 11 is 0. The molecule has 0 unspecified atom stereocenters. The lowest BCUT2D eigenvalue weighted by Crippen LogP contribution is -2.41. The Hall–Kier alpha value is -2.74. The third-order valence-corrected chi connectivity index (χ3v) is 4.35. The minimum atomic E-state index is 0.135. The molecule has 2 aromatic carbocycles. The maximum absolute atomic E-state index is 12.6. The number of carbonyl (C=O) groups excluding carboxylic acids is 1. The van der Waals surface area contributed by atoms with Crippen LogP contribution in [0.1, 0.15) is 28.5 Å². The number of aryl methyl sites for hydroxylation is 2. The zero-order valence-corrected chi connectivity index (χ0v) is 14.2. The number of hydrogen-bond donors (Lipinski definition) is 0. The third-order valence-electron chi connectivity index (χ3n) is 4.35. The van der Waals surface area contributed by atoms with Gasteiger partial charge < -0.3 is 0 Å². The summed E-state index contributed by atoms with van der Waals surface area (Å²) in [6.07, 6.45) is 3.05. The van der Waals surface area contributed by atoms with Crippen LogP contribution < -0.4 is 4.57 Å². The van der Waals surface area contributed by atoms with Crippen molar-refractivity contribution in [3.63, 3.8) is 0 Å². The molecule has 3 rings (SSSR count). The van der Waals surface area contributed by atoms with E-state index in [0.29, 0.717) is 6.54 Å². The van der Waals surface area contributed by atoms with E-state index in [1.807, 2.05) is 54.0 Å². The molecule has 0 atom stereocenters. The molecule has 0 aliphatic heterocycles. The van der Waals surface area contributed by atoms with Gasteiger partial charge in [-0.05, 0) is 23.6 Å². The number of nitrogens with zero attached hydrogens (tertiary/aromatic N) is 1. The standard InChI is InChI=1S/C22H22NO/c1-3-18-10-9-17(2)23(15-18)16-22(24)21-13-11-20(12-14-21)19-7-5-4-6-8-19/h4-15H,3,16H2,1-2H3/q+1.